The van der Waals surface area contributed by atoms with Crippen molar-refractivity contribution in [1.29, 1.82) is 0 Å². The van der Waals surface area contributed by atoms with E-state index >= 15 is 0 Å². The monoisotopic (exact) mass is 623 g/mol. The van der Waals surface area contributed by atoms with E-state index in [2.05, 4.69) is 14.7 Å². The molecule has 0 spiro atoms. The van der Waals surface area contributed by atoms with Gasteiger partial charge in [0, 0.05) is 30.5 Å². The molecular weight excluding hydrogens is 596 g/mol. The van der Waals surface area contributed by atoms with Crippen molar-refractivity contribution in [2.75, 3.05) is 18.4 Å². The van der Waals surface area contributed by atoms with Crippen LogP contribution in [0.25, 0.3) is 0 Å². The normalized spacial score (nSPS) is 15.0. The number of nitrogens with one attached hydrogen (secondary N) is 1. The van der Waals surface area contributed by atoms with E-state index in [1.807, 2.05) is 0 Å². The van der Waals surface area contributed by atoms with Crippen molar-refractivity contribution in [2.45, 2.75) is 30.6 Å². The predicted octanol–water partition coefficient (Wildman–Crippen LogP) is 6.63. The molecule has 1 fully saturated rings. The fourth-order valence-electron chi connectivity index (χ4n) is 4.96. The minimum absolute atomic E-state index is 0.0000629. The number of anilines is 2. The standard InChI is InChI=1S/C31H28ClF2N5O3S/c1-19-17-24(34)11-12-25(19)37-28-27(32)26(43(35,42)38-30(40)22-5-3-2-4-6-22)18-36-29(28)31(41)39-15-13-21(14-16-39)20-7-9-23(33)10-8-20/h2-12,17-18,21,37H,13-16H2,1H3,(H2,35,38,40,42). The van der Waals surface area contributed by atoms with E-state index in [0.717, 1.165) is 11.8 Å². The number of aryl methyl sites for hydroxylation is 1. The van der Waals surface area contributed by atoms with Gasteiger partial charge in [0.15, 0.2) is 5.69 Å². The maximum atomic E-state index is 13.8. The SMILES string of the molecule is Cc1cc(F)ccc1Nc1c(C(=O)N2CCC(c3ccc(F)cc3)CC2)ncc(S(N)(=O)=NC(=O)c2ccccc2)c1Cl. The van der Waals surface area contributed by atoms with Gasteiger partial charge in [-0.25, -0.2) is 23.1 Å². The molecule has 1 saturated heterocycles. The van der Waals surface area contributed by atoms with Gasteiger partial charge in [0.25, 0.3) is 11.8 Å². The number of hydrogen-bond donors (Lipinski definition) is 2. The second-order valence-corrected chi connectivity index (χ2v) is 12.3. The van der Waals surface area contributed by atoms with Crippen LogP contribution in [-0.2, 0) is 9.92 Å². The van der Waals surface area contributed by atoms with Gasteiger partial charge in [-0.1, -0.05) is 41.9 Å². The number of hydrogen-bond acceptors (Lipinski definition) is 5. The summed E-state index contributed by atoms with van der Waals surface area (Å²) in [5.74, 6) is -1.84. The summed E-state index contributed by atoms with van der Waals surface area (Å²) in [6.07, 6.45) is 2.40. The van der Waals surface area contributed by atoms with E-state index in [1.54, 1.807) is 42.2 Å². The molecule has 0 saturated carbocycles. The van der Waals surface area contributed by atoms with Crippen LogP contribution in [0.3, 0.4) is 0 Å². The highest BCUT2D eigenvalue weighted by Gasteiger charge is 2.30. The minimum atomic E-state index is -3.90. The van der Waals surface area contributed by atoms with Gasteiger partial charge in [0.2, 0.25) is 0 Å². The van der Waals surface area contributed by atoms with Gasteiger partial charge in [-0.3, -0.25) is 9.59 Å². The number of nitrogens with zero attached hydrogens (tertiary/aromatic N) is 3. The Labute approximate surface area is 253 Å². The van der Waals surface area contributed by atoms with Gasteiger partial charge in [0.1, 0.15) is 26.4 Å². The smallest absolute Gasteiger partial charge is 0.286 e. The van der Waals surface area contributed by atoms with Crippen LogP contribution in [0.5, 0.6) is 0 Å². The molecule has 12 heteroatoms. The first-order chi connectivity index (χ1) is 20.5. The quantitative estimate of drug-likeness (QED) is 0.250. The average molecular weight is 624 g/mol. The van der Waals surface area contributed by atoms with E-state index in [4.69, 9.17) is 16.7 Å². The van der Waals surface area contributed by atoms with E-state index in [9.17, 15) is 22.6 Å². The van der Waals surface area contributed by atoms with Crippen LogP contribution in [0.1, 0.15) is 50.7 Å². The number of rotatable bonds is 6. The van der Waals surface area contributed by atoms with Crippen LogP contribution in [0.2, 0.25) is 5.02 Å². The van der Waals surface area contributed by atoms with Gasteiger partial charge < -0.3 is 10.2 Å². The second kappa shape index (κ2) is 12.6. The number of amides is 2. The third-order valence-corrected chi connectivity index (χ3v) is 9.19. The number of halogens is 3. The highest BCUT2D eigenvalue weighted by Crippen LogP contribution is 2.36. The number of carbonyl (C=O) groups excluding carboxylic acids is 2. The fraction of sp³-hybridized carbons (Fsp3) is 0.194. The number of likely N-dealkylation sites (tertiary alicyclic amines) is 1. The molecule has 4 aromatic rings. The van der Waals surface area contributed by atoms with Crippen LogP contribution in [0.4, 0.5) is 20.2 Å². The highest BCUT2D eigenvalue weighted by atomic mass is 35.5. The lowest BCUT2D eigenvalue weighted by Crippen LogP contribution is -2.38. The molecule has 2 amide bonds. The van der Waals surface area contributed by atoms with Crippen molar-refractivity contribution in [2.24, 2.45) is 9.50 Å². The van der Waals surface area contributed by atoms with Crippen LogP contribution in [-0.4, -0.2) is 39.0 Å². The fourth-order valence-corrected chi connectivity index (χ4v) is 6.49. The molecule has 222 valence electrons. The average Bonchev–Trinajstić information content (AvgIpc) is 2.99. The Kier molecular flexibility index (Phi) is 8.86. The van der Waals surface area contributed by atoms with Crippen LogP contribution >= 0.6 is 11.6 Å². The lowest BCUT2D eigenvalue weighted by atomic mass is 9.89. The number of pyridine rings is 1. The maximum Gasteiger partial charge on any atom is 0.286 e. The Bertz CT molecular complexity index is 1800. The third-order valence-electron chi connectivity index (χ3n) is 7.31. The van der Waals surface area contributed by atoms with Crippen molar-refractivity contribution in [3.05, 3.63) is 118 Å². The molecule has 0 aliphatic carbocycles. The van der Waals surface area contributed by atoms with E-state index in [-0.39, 0.29) is 38.6 Å². The van der Waals surface area contributed by atoms with Gasteiger partial charge in [0.05, 0.1) is 10.7 Å². The van der Waals surface area contributed by atoms with E-state index < -0.39 is 27.5 Å². The Balaban J connectivity index is 1.50. The first-order valence-electron chi connectivity index (χ1n) is 13.4. The first-order valence-corrected chi connectivity index (χ1v) is 15.4. The molecule has 3 N–H and O–H groups in total. The molecule has 5 rings (SSSR count). The summed E-state index contributed by atoms with van der Waals surface area (Å²) in [6.45, 7) is 2.48. The second-order valence-electron chi connectivity index (χ2n) is 10.2. The molecule has 8 nitrogen and oxygen atoms in total. The molecule has 1 aliphatic heterocycles. The summed E-state index contributed by atoms with van der Waals surface area (Å²) in [6, 6.07) is 18.3. The van der Waals surface area contributed by atoms with Crippen molar-refractivity contribution in [3.63, 3.8) is 0 Å². The number of nitrogens with two attached hydrogens (primary N) is 1. The van der Waals surface area contributed by atoms with Gasteiger partial charge in [-0.15, -0.1) is 4.36 Å². The summed E-state index contributed by atoms with van der Waals surface area (Å²) < 4.78 is 44.5. The Morgan fingerprint density at radius 3 is 2.33 bits per heavy atom. The van der Waals surface area contributed by atoms with E-state index in [0.29, 0.717) is 37.2 Å². The van der Waals surface area contributed by atoms with Crippen molar-refractivity contribution >= 4 is 44.7 Å². The Morgan fingerprint density at radius 1 is 1.02 bits per heavy atom. The molecule has 1 aliphatic rings. The number of piperidine rings is 1. The molecule has 0 bridgehead atoms. The summed E-state index contributed by atoms with van der Waals surface area (Å²) in [5, 5.41) is 8.89. The molecule has 1 unspecified atom stereocenters. The zero-order valence-corrected chi connectivity index (χ0v) is 24.7. The van der Waals surface area contributed by atoms with Crippen molar-refractivity contribution in [1.82, 2.24) is 9.88 Å². The molecule has 1 aromatic heterocycles. The van der Waals surface area contributed by atoms with Gasteiger partial charge in [-0.2, -0.15) is 0 Å². The van der Waals surface area contributed by atoms with Gasteiger partial charge >= 0.3 is 0 Å². The molecule has 2 heterocycles. The molecule has 3 aromatic carbocycles. The summed E-state index contributed by atoms with van der Waals surface area (Å²) in [5.41, 5.74) is 2.05. The Hall–Kier alpha value is -4.19. The largest absolute Gasteiger partial charge is 0.352 e. The third kappa shape index (κ3) is 6.74. The van der Waals surface area contributed by atoms with Crippen LogP contribution in [0, 0.1) is 18.6 Å². The zero-order chi connectivity index (χ0) is 30.7. The highest BCUT2D eigenvalue weighted by molar-refractivity contribution is 7.91. The topological polar surface area (TPSA) is 118 Å². The predicted molar refractivity (Wildman–Crippen MR) is 162 cm³/mol. The van der Waals surface area contributed by atoms with E-state index in [1.165, 1.54) is 42.5 Å². The molecule has 43 heavy (non-hydrogen) atoms. The minimum Gasteiger partial charge on any atom is -0.352 e. The molecule has 1 atom stereocenters. The zero-order valence-electron chi connectivity index (χ0n) is 23.1. The number of carbonyl (C=O) groups is 2. The lowest BCUT2D eigenvalue weighted by molar-refractivity contribution is 0.0707. The Morgan fingerprint density at radius 2 is 1.67 bits per heavy atom. The molecular formula is C31H28ClF2N5O3S. The number of benzene rings is 3. The summed E-state index contributed by atoms with van der Waals surface area (Å²) >= 11 is 6.75. The summed E-state index contributed by atoms with van der Waals surface area (Å²) in [7, 11) is -3.90. The van der Waals surface area contributed by atoms with Crippen LogP contribution < -0.4 is 10.5 Å². The number of aromatic nitrogens is 1. The van der Waals surface area contributed by atoms with Crippen LogP contribution in [0.15, 0.2) is 88.3 Å². The lowest BCUT2D eigenvalue weighted by Gasteiger charge is -2.32. The molecule has 0 radical (unpaired) electrons. The van der Waals surface area contributed by atoms with Gasteiger partial charge in [-0.05, 0) is 79.3 Å². The van der Waals surface area contributed by atoms with Crippen molar-refractivity contribution in [3.8, 4) is 0 Å². The maximum absolute atomic E-state index is 13.8. The first kappa shape index (κ1) is 30.3. The summed E-state index contributed by atoms with van der Waals surface area (Å²) in [4.78, 5) is 32.2. The van der Waals surface area contributed by atoms with Crippen molar-refractivity contribution < 1.29 is 22.6 Å².